The number of benzene rings is 1. The van der Waals surface area contributed by atoms with Gasteiger partial charge in [-0.05, 0) is 24.6 Å². The molecular formula is C13H22N2O4S2. The summed E-state index contributed by atoms with van der Waals surface area (Å²) in [6, 6.07) is 4.07. The Morgan fingerprint density at radius 3 is 2.29 bits per heavy atom. The Labute approximate surface area is 127 Å². The lowest BCUT2D eigenvalue weighted by molar-refractivity contribution is 0.459. The number of unbranched alkanes of at least 4 members (excludes halogenated alkanes) is 1. The molecule has 0 aliphatic heterocycles. The highest BCUT2D eigenvalue weighted by Crippen LogP contribution is 2.27. The fourth-order valence-corrected chi connectivity index (χ4v) is 3.97. The van der Waals surface area contributed by atoms with Gasteiger partial charge in [0.1, 0.15) is 4.90 Å². The third kappa shape index (κ3) is 4.18. The minimum atomic E-state index is -3.73. The van der Waals surface area contributed by atoms with E-state index in [0.29, 0.717) is 12.2 Å². The maximum absolute atomic E-state index is 12.6. The van der Waals surface area contributed by atoms with Gasteiger partial charge in [0.15, 0.2) is 9.84 Å². The molecule has 0 radical (unpaired) electrons. The lowest BCUT2D eigenvalue weighted by Gasteiger charge is -2.19. The molecule has 1 rings (SSSR count). The molecule has 1 aromatic rings. The van der Waals surface area contributed by atoms with Gasteiger partial charge in [0.25, 0.3) is 0 Å². The molecule has 0 heterocycles. The second-order valence-electron chi connectivity index (χ2n) is 4.86. The molecule has 0 aromatic heterocycles. The van der Waals surface area contributed by atoms with Gasteiger partial charge in [-0.3, -0.25) is 0 Å². The molecule has 0 spiro atoms. The van der Waals surface area contributed by atoms with Crippen molar-refractivity contribution in [3.63, 3.8) is 0 Å². The molecule has 120 valence electrons. The van der Waals surface area contributed by atoms with Gasteiger partial charge in [-0.15, -0.1) is 0 Å². The van der Waals surface area contributed by atoms with Gasteiger partial charge >= 0.3 is 0 Å². The van der Waals surface area contributed by atoms with Gasteiger partial charge in [0.05, 0.1) is 10.6 Å². The van der Waals surface area contributed by atoms with E-state index in [-0.39, 0.29) is 9.79 Å². The van der Waals surface area contributed by atoms with E-state index < -0.39 is 19.9 Å². The Hall–Kier alpha value is -1.12. The first-order valence-corrected chi connectivity index (χ1v) is 9.96. The van der Waals surface area contributed by atoms with Crippen molar-refractivity contribution in [3.05, 3.63) is 18.2 Å². The van der Waals surface area contributed by atoms with Crippen LogP contribution in [0.25, 0.3) is 0 Å². The first-order chi connectivity index (χ1) is 9.64. The number of sulfonamides is 1. The summed E-state index contributed by atoms with van der Waals surface area (Å²) in [5.74, 6) is 0. The summed E-state index contributed by atoms with van der Waals surface area (Å²) in [7, 11) is -4.10. The molecule has 0 aliphatic carbocycles. The lowest BCUT2D eigenvalue weighted by atomic mass is 10.3. The smallest absolute Gasteiger partial charge is 0.244 e. The van der Waals surface area contributed by atoms with Gasteiger partial charge in [-0.25, -0.2) is 21.1 Å². The second-order valence-corrected chi connectivity index (χ2v) is 8.89. The predicted octanol–water partition coefficient (Wildman–Crippen LogP) is 1.55. The molecule has 21 heavy (non-hydrogen) atoms. The summed E-state index contributed by atoms with van der Waals surface area (Å²) in [6.07, 6.45) is 2.68. The molecule has 0 bridgehead atoms. The van der Waals surface area contributed by atoms with E-state index in [4.69, 9.17) is 0 Å². The molecule has 1 N–H and O–H groups in total. The maximum Gasteiger partial charge on any atom is 0.244 e. The van der Waals surface area contributed by atoms with Crippen molar-refractivity contribution in [3.8, 4) is 0 Å². The minimum Gasteiger partial charge on any atom is -0.387 e. The average molecular weight is 334 g/mol. The first kappa shape index (κ1) is 17.9. The zero-order chi connectivity index (χ0) is 16.3. The number of nitrogens with one attached hydrogen (secondary N) is 1. The molecule has 6 nitrogen and oxygen atoms in total. The van der Waals surface area contributed by atoms with Gasteiger partial charge < -0.3 is 5.32 Å². The van der Waals surface area contributed by atoms with Crippen molar-refractivity contribution >= 4 is 25.5 Å². The number of rotatable bonds is 7. The van der Waals surface area contributed by atoms with Crippen LogP contribution in [0.2, 0.25) is 0 Å². The fourth-order valence-electron chi connectivity index (χ4n) is 1.82. The number of hydrogen-bond donors (Lipinski definition) is 1. The first-order valence-electron chi connectivity index (χ1n) is 6.62. The highest BCUT2D eigenvalue weighted by atomic mass is 32.2. The van der Waals surface area contributed by atoms with Crippen LogP contribution in [-0.2, 0) is 19.9 Å². The lowest BCUT2D eigenvalue weighted by Crippen LogP contribution is -2.28. The van der Waals surface area contributed by atoms with Crippen LogP contribution >= 0.6 is 0 Å². The third-order valence-electron chi connectivity index (χ3n) is 3.17. The van der Waals surface area contributed by atoms with Gasteiger partial charge in [-0.2, -0.15) is 0 Å². The average Bonchev–Trinajstić information content (AvgIpc) is 2.42. The molecule has 0 saturated heterocycles. The van der Waals surface area contributed by atoms with Gasteiger partial charge in [0.2, 0.25) is 10.0 Å². The van der Waals surface area contributed by atoms with Crippen molar-refractivity contribution in [1.82, 2.24) is 4.31 Å². The zero-order valence-corrected chi connectivity index (χ0v) is 14.4. The number of sulfone groups is 1. The van der Waals surface area contributed by atoms with Crippen molar-refractivity contribution in [1.29, 1.82) is 0 Å². The molecule has 0 saturated carbocycles. The molecular weight excluding hydrogens is 312 g/mol. The standard InChI is InChI=1S/C13H22N2O4S2/c1-5-6-9-15(3)21(18,19)13-10-11(20(4,16)17)7-8-12(13)14-2/h7-8,10,14H,5-6,9H2,1-4H3. The summed E-state index contributed by atoms with van der Waals surface area (Å²) in [4.78, 5) is -0.0319. The summed E-state index contributed by atoms with van der Waals surface area (Å²) in [6.45, 7) is 2.37. The molecule has 0 fully saturated rings. The van der Waals surface area contributed by atoms with Crippen LogP contribution in [0, 0.1) is 0 Å². The quantitative estimate of drug-likeness (QED) is 0.818. The van der Waals surface area contributed by atoms with Crippen LogP contribution in [0.5, 0.6) is 0 Å². The van der Waals surface area contributed by atoms with E-state index in [1.807, 2.05) is 6.92 Å². The van der Waals surface area contributed by atoms with Crippen LogP contribution in [-0.4, -0.2) is 48.0 Å². The van der Waals surface area contributed by atoms with E-state index in [1.165, 1.54) is 29.6 Å². The zero-order valence-electron chi connectivity index (χ0n) is 12.8. The van der Waals surface area contributed by atoms with E-state index in [9.17, 15) is 16.8 Å². The normalized spacial score (nSPS) is 12.6. The Morgan fingerprint density at radius 1 is 1.19 bits per heavy atom. The van der Waals surface area contributed by atoms with Crippen molar-refractivity contribution < 1.29 is 16.8 Å². The molecule has 0 atom stereocenters. The summed E-state index contributed by atoms with van der Waals surface area (Å²) >= 11 is 0. The third-order valence-corrected chi connectivity index (χ3v) is 6.17. The Kier molecular flexibility index (Phi) is 5.77. The van der Waals surface area contributed by atoms with Crippen LogP contribution in [0.3, 0.4) is 0 Å². The minimum absolute atomic E-state index is 0.0102. The van der Waals surface area contributed by atoms with Crippen LogP contribution in [0.1, 0.15) is 19.8 Å². The van der Waals surface area contributed by atoms with Gasteiger partial charge in [-0.1, -0.05) is 13.3 Å². The second kappa shape index (κ2) is 6.76. The monoisotopic (exact) mass is 334 g/mol. The molecule has 0 aliphatic rings. The number of hydrogen-bond acceptors (Lipinski definition) is 5. The molecule has 0 unspecified atom stereocenters. The van der Waals surface area contributed by atoms with Crippen LogP contribution in [0.4, 0.5) is 5.69 Å². The van der Waals surface area contributed by atoms with E-state index in [0.717, 1.165) is 19.1 Å². The van der Waals surface area contributed by atoms with Crippen LogP contribution < -0.4 is 5.32 Å². The summed E-state index contributed by atoms with van der Waals surface area (Å²) in [5.41, 5.74) is 0.380. The summed E-state index contributed by atoms with van der Waals surface area (Å²) in [5, 5.41) is 2.79. The summed E-state index contributed by atoms with van der Waals surface area (Å²) < 4.78 is 49.7. The molecule has 8 heteroatoms. The van der Waals surface area contributed by atoms with E-state index >= 15 is 0 Å². The van der Waals surface area contributed by atoms with E-state index in [2.05, 4.69) is 5.32 Å². The Bertz CT molecular complexity index is 697. The number of nitrogens with zero attached hydrogens (tertiary/aromatic N) is 1. The predicted molar refractivity (Wildman–Crippen MR) is 83.8 cm³/mol. The Balaban J connectivity index is 3.39. The van der Waals surface area contributed by atoms with E-state index in [1.54, 1.807) is 7.05 Å². The van der Waals surface area contributed by atoms with Crippen LogP contribution in [0.15, 0.2) is 28.0 Å². The molecule has 0 amide bonds. The van der Waals surface area contributed by atoms with Crippen molar-refractivity contribution in [2.45, 2.75) is 29.6 Å². The topological polar surface area (TPSA) is 83.6 Å². The Morgan fingerprint density at radius 2 is 1.81 bits per heavy atom. The van der Waals surface area contributed by atoms with Crippen molar-refractivity contribution in [2.24, 2.45) is 0 Å². The highest BCUT2D eigenvalue weighted by Gasteiger charge is 2.25. The maximum atomic E-state index is 12.6. The number of anilines is 1. The highest BCUT2D eigenvalue weighted by molar-refractivity contribution is 7.91. The fraction of sp³-hybridized carbons (Fsp3) is 0.538. The largest absolute Gasteiger partial charge is 0.387 e. The van der Waals surface area contributed by atoms with Gasteiger partial charge in [0, 0.05) is 26.9 Å². The molecule has 1 aromatic carbocycles. The van der Waals surface area contributed by atoms with Crippen molar-refractivity contribution in [2.75, 3.05) is 32.2 Å². The SMILES string of the molecule is CCCCN(C)S(=O)(=O)c1cc(S(C)(=O)=O)ccc1NC.